The number of hydrogen-bond acceptors (Lipinski definition) is 6. The van der Waals surface area contributed by atoms with E-state index in [0.717, 1.165) is 10.6 Å². The van der Waals surface area contributed by atoms with Crippen LogP contribution in [0, 0.1) is 0 Å². The zero-order valence-electron chi connectivity index (χ0n) is 18.8. The predicted octanol–water partition coefficient (Wildman–Crippen LogP) is 4.04. The highest BCUT2D eigenvalue weighted by Crippen LogP contribution is 2.34. The number of carbonyl (C=O) groups excluding carboxylic acids is 3. The number of aromatic nitrogens is 1. The molecule has 2 saturated heterocycles. The molecule has 5 rings (SSSR count). The second kappa shape index (κ2) is 8.59. The Kier molecular flexibility index (Phi) is 5.62. The van der Waals surface area contributed by atoms with E-state index >= 15 is 0 Å². The molecule has 0 spiro atoms. The number of amides is 3. The fourth-order valence-electron chi connectivity index (χ4n) is 4.49. The largest absolute Gasteiger partial charge is 0.345 e. The number of carbonyl (C=O) groups is 3. The molecule has 3 amide bonds. The Hall–Kier alpha value is -3.26. The molecule has 0 radical (unpaired) electrons. The van der Waals surface area contributed by atoms with Crippen LogP contribution in [0.2, 0.25) is 0 Å². The van der Waals surface area contributed by atoms with Crippen molar-refractivity contribution in [1.29, 1.82) is 0 Å². The van der Waals surface area contributed by atoms with Gasteiger partial charge in [0, 0.05) is 44.6 Å². The highest BCUT2D eigenvalue weighted by Gasteiger charge is 2.31. The third-order valence-corrected chi connectivity index (χ3v) is 7.38. The van der Waals surface area contributed by atoms with Gasteiger partial charge in [-0.15, -0.1) is 0 Å². The van der Waals surface area contributed by atoms with E-state index < -0.39 is 0 Å². The van der Waals surface area contributed by atoms with Gasteiger partial charge in [-0.2, -0.15) is 0 Å². The number of piperazine rings is 1. The first kappa shape index (κ1) is 21.6. The summed E-state index contributed by atoms with van der Waals surface area (Å²) >= 11 is 1.70. The van der Waals surface area contributed by atoms with Crippen molar-refractivity contribution in [1.82, 2.24) is 9.88 Å². The first-order chi connectivity index (χ1) is 15.9. The van der Waals surface area contributed by atoms with Crippen LogP contribution in [-0.4, -0.2) is 53.8 Å². The monoisotopic (exact) mass is 462 g/mol. The Labute approximate surface area is 196 Å². The van der Waals surface area contributed by atoms with E-state index in [1.807, 2.05) is 4.90 Å². The van der Waals surface area contributed by atoms with Crippen LogP contribution < -0.4 is 9.80 Å². The van der Waals surface area contributed by atoms with E-state index in [1.54, 1.807) is 35.6 Å². The Morgan fingerprint density at radius 3 is 2.36 bits per heavy atom. The van der Waals surface area contributed by atoms with Crippen molar-refractivity contribution >= 4 is 50.1 Å². The summed E-state index contributed by atoms with van der Waals surface area (Å²) in [6.45, 7) is 6.98. The van der Waals surface area contributed by atoms with Gasteiger partial charge in [0.1, 0.15) is 0 Å². The molecule has 0 unspecified atom stereocenters. The number of rotatable bonds is 4. The zero-order chi connectivity index (χ0) is 23.1. The molecule has 0 N–H and O–H groups in total. The maximum absolute atomic E-state index is 13.1. The zero-order valence-corrected chi connectivity index (χ0v) is 19.6. The minimum Gasteiger partial charge on any atom is -0.345 e. The van der Waals surface area contributed by atoms with E-state index in [-0.39, 0.29) is 30.6 Å². The second-order valence-corrected chi connectivity index (χ2v) is 9.81. The second-order valence-electron chi connectivity index (χ2n) is 8.80. The smallest absolute Gasteiger partial charge is 0.254 e. The highest BCUT2D eigenvalue weighted by atomic mass is 32.1. The summed E-state index contributed by atoms with van der Waals surface area (Å²) in [6, 6.07) is 13.2. The molecule has 170 valence electrons. The van der Waals surface area contributed by atoms with Gasteiger partial charge in [0.2, 0.25) is 11.8 Å². The fraction of sp³-hybridized carbons (Fsp3) is 0.360. The Morgan fingerprint density at radius 2 is 1.67 bits per heavy atom. The van der Waals surface area contributed by atoms with Gasteiger partial charge in [-0.25, -0.2) is 4.98 Å². The summed E-state index contributed by atoms with van der Waals surface area (Å²) < 4.78 is 1.19. The van der Waals surface area contributed by atoms with Gasteiger partial charge in [-0.1, -0.05) is 43.4 Å². The van der Waals surface area contributed by atoms with Gasteiger partial charge in [0.05, 0.1) is 15.9 Å². The first-order valence-electron chi connectivity index (χ1n) is 11.3. The fourth-order valence-corrected chi connectivity index (χ4v) is 5.54. The van der Waals surface area contributed by atoms with Gasteiger partial charge in [-0.3, -0.25) is 19.3 Å². The van der Waals surface area contributed by atoms with Crippen molar-refractivity contribution in [2.24, 2.45) is 0 Å². The van der Waals surface area contributed by atoms with E-state index in [1.165, 1.54) is 15.2 Å². The molecule has 3 heterocycles. The highest BCUT2D eigenvalue weighted by molar-refractivity contribution is 7.22. The third kappa shape index (κ3) is 3.99. The van der Waals surface area contributed by atoms with Crippen molar-refractivity contribution < 1.29 is 14.4 Å². The lowest BCUT2D eigenvalue weighted by Gasteiger charge is -2.34. The van der Waals surface area contributed by atoms with Gasteiger partial charge in [0.25, 0.3) is 5.91 Å². The predicted molar refractivity (Wildman–Crippen MR) is 130 cm³/mol. The molecule has 0 bridgehead atoms. The maximum Gasteiger partial charge on any atom is 0.254 e. The molecular formula is C25H26N4O3S. The normalized spacial score (nSPS) is 17.0. The van der Waals surface area contributed by atoms with Crippen molar-refractivity contribution in [3.63, 3.8) is 0 Å². The molecule has 1 aromatic heterocycles. The van der Waals surface area contributed by atoms with Crippen LogP contribution in [0.1, 0.15) is 48.5 Å². The number of hydrogen-bond donors (Lipinski definition) is 0. The Balaban J connectivity index is 1.29. The first-order valence-corrected chi connectivity index (χ1v) is 12.1. The molecule has 3 aromatic rings. The quantitative estimate of drug-likeness (QED) is 0.547. The number of nitrogens with zero attached hydrogens (tertiary/aromatic N) is 4. The van der Waals surface area contributed by atoms with E-state index in [4.69, 9.17) is 4.98 Å². The van der Waals surface area contributed by atoms with Crippen molar-refractivity contribution in [3.8, 4) is 0 Å². The number of anilines is 2. The average Bonchev–Trinajstić information content (AvgIpc) is 3.41. The lowest BCUT2D eigenvalue weighted by Crippen LogP contribution is -2.48. The van der Waals surface area contributed by atoms with E-state index in [0.29, 0.717) is 43.3 Å². The van der Waals surface area contributed by atoms with Gasteiger partial charge in [-0.05, 0) is 35.7 Å². The molecule has 8 heteroatoms. The van der Waals surface area contributed by atoms with Gasteiger partial charge >= 0.3 is 0 Å². The maximum atomic E-state index is 13.1. The molecule has 7 nitrogen and oxygen atoms in total. The number of benzene rings is 2. The minimum atomic E-state index is -0.213. The minimum absolute atomic E-state index is 0.0815. The van der Waals surface area contributed by atoms with Gasteiger partial charge in [0.15, 0.2) is 5.13 Å². The lowest BCUT2D eigenvalue weighted by atomic mass is 10.0. The number of imide groups is 1. The Bertz CT molecular complexity index is 1230. The van der Waals surface area contributed by atoms with Crippen molar-refractivity contribution in [3.05, 3.63) is 53.6 Å². The van der Waals surface area contributed by atoms with Crippen LogP contribution in [-0.2, 0) is 9.59 Å². The van der Waals surface area contributed by atoms with Crippen molar-refractivity contribution in [2.75, 3.05) is 36.0 Å². The van der Waals surface area contributed by atoms with Crippen LogP contribution in [0.5, 0.6) is 0 Å². The molecule has 2 aliphatic rings. The Morgan fingerprint density at radius 1 is 0.970 bits per heavy atom. The standard InChI is InChI=1S/C25H26N4O3S/c1-16(2)19-7-4-8-20-23(19)26-25(33-20)28-13-11-27(12-14-28)24(32)17-5-3-6-18(15-17)29-21(30)9-10-22(29)31/h3-8,15-16H,9-14H2,1-2H3. The summed E-state index contributed by atoms with van der Waals surface area (Å²) in [4.78, 5) is 47.5. The van der Waals surface area contributed by atoms with Gasteiger partial charge < -0.3 is 9.80 Å². The molecule has 0 saturated carbocycles. The van der Waals surface area contributed by atoms with Crippen LogP contribution in [0.15, 0.2) is 42.5 Å². The van der Waals surface area contributed by atoms with Crippen LogP contribution >= 0.6 is 11.3 Å². The number of para-hydroxylation sites is 1. The molecule has 0 atom stereocenters. The summed E-state index contributed by atoms with van der Waals surface area (Å²) in [6.07, 6.45) is 0.451. The number of thiazole rings is 1. The lowest BCUT2D eigenvalue weighted by molar-refractivity contribution is -0.121. The summed E-state index contributed by atoms with van der Waals surface area (Å²) in [5.74, 6) is -0.0913. The molecular weight excluding hydrogens is 436 g/mol. The average molecular weight is 463 g/mol. The topological polar surface area (TPSA) is 73.8 Å². The SMILES string of the molecule is CC(C)c1cccc2sc(N3CCN(C(=O)c4cccc(N5C(=O)CCC5=O)c4)CC3)nc12. The third-order valence-electron chi connectivity index (χ3n) is 6.30. The summed E-state index contributed by atoms with van der Waals surface area (Å²) in [5.41, 5.74) is 3.31. The summed E-state index contributed by atoms with van der Waals surface area (Å²) in [7, 11) is 0. The van der Waals surface area contributed by atoms with Crippen LogP contribution in [0.4, 0.5) is 10.8 Å². The molecule has 0 aliphatic carbocycles. The number of fused-ring (bicyclic) bond motifs is 1. The van der Waals surface area contributed by atoms with Crippen LogP contribution in [0.3, 0.4) is 0 Å². The molecule has 2 aromatic carbocycles. The summed E-state index contributed by atoms with van der Waals surface area (Å²) in [5, 5.41) is 0.998. The molecule has 2 aliphatic heterocycles. The van der Waals surface area contributed by atoms with E-state index in [9.17, 15) is 14.4 Å². The van der Waals surface area contributed by atoms with Crippen LogP contribution in [0.25, 0.3) is 10.2 Å². The molecule has 2 fully saturated rings. The molecule has 33 heavy (non-hydrogen) atoms. The van der Waals surface area contributed by atoms with Crippen molar-refractivity contribution in [2.45, 2.75) is 32.6 Å². The van der Waals surface area contributed by atoms with E-state index in [2.05, 4.69) is 36.9 Å².